The van der Waals surface area contributed by atoms with Crippen molar-refractivity contribution < 1.29 is 19.4 Å². The Morgan fingerprint density at radius 2 is 1.33 bits per heavy atom. The van der Waals surface area contributed by atoms with Crippen LogP contribution in [-0.4, -0.2) is 23.1 Å². The number of ether oxygens (including phenoxy) is 1. The molecule has 0 heterocycles. The first kappa shape index (κ1) is 35.7. The van der Waals surface area contributed by atoms with Crippen molar-refractivity contribution >= 4 is 11.9 Å². The summed E-state index contributed by atoms with van der Waals surface area (Å²) in [5.74, 6) is -1.96. The zero-order chi connectivity index (χ0) is 28.9. The Bertz CT molecular complexity index is 662. The van der Waals surface area contributed by atoms with Gasteiger partial charge < -0.3 is 9.84 Å². The van der Waals surface area contributed by atoms with Gasteiger partial charge >= 0.3 is 11.9 Å². The molecule has 0 amide bonds. The van der Waals surface area contributed by atoms with Crippen LogP contribution in [0.25, 0.3) is 0 Å². The number of allylic oxidation sites excluding steroid dienone is 1. The van der Waals surface area contributed by atoms with Crippen LogP contribution in [0.5, 0.6) is 0 Å². The molecule has 4 atom stereocenters. The van der Waals surface area contributed by atoms with E-state index in [-0.39, 0.29) is 12.1 Å². The average molecular weight is 549 g/mol. The number of hydrogen-bond donors (Lipinski definition) is 1. The summed E-state index contributed by atoms with van der Waals surface area (Å²) in [4.78, 5) is 24.7. The number of carboxylic acids is 1. The minimum absolute atomic E-state index is 0.105. The Hall–Kier alpha value is -1.32. The first-order chi connectivity index (χ1) is 18.6. The molecule has 1 N–H and O–H groups in total. The van der Waals surface area contributed by atoms with Crippen molar-refractivity contribution in [1.82, 2.24) is 0 Å². The molecule has 4 nitrogen and oxygen atoms in total. The van der Waals surface area contributed by atoms with Crippen LogP contribution in [0.15, 0.2) is 12.2 Å². The van der Waals surface area contributed by atoms with E-state index in [4.69, 9.17) is 4.74 Å². The summed E-state index contributed by atoms with van der Waals surface area (Å²) in [6.45, 7) is 11.4. The van der Waals surface area contributed by atoms with Crippen LogP contribution in [0.4, 0.5) is 0 Å². The van der Waals surface area contributed by atoms with Gasteiger partial charge in [0.15, 0.2) is 0 Å². The normalized spacial score (nSPS) is 19.1. The van der Waals surface area contributed by atoms with E-state index in [1.807, 2.05) is 6.08 Å². The molecule has 1 aliphatic carbocycles. The second kappa shape index (κ2) is 21.4. The van der Waals surface area contributed by atoms with Crippen LogP contribution >= 0.6 is 0 Å². The van der Waals surface area contributed by atoms with Crippen molar-refractivity contribution in [3.05, 3.63) is 12.2 Å². The van der Waals surface area contributed by atoms with Gasteiger partial charge in [0, 0.05) is 0 Å². The van der Waals surface area contributed by atoms with E-state index in [0.29, 0.717) is 24.2 Å². The van der Waals surface area contributed by atoms with Gasteiger partial charge in [-0.1, -0.05) is 137 Å². The molecule has 39 heavy (non-hydrogen) atoms. The highest BCUT2D eigenvalue weighted by molar-refractivity contribution is 5.83. The van der Waals surface area contributed by atoms with Crippen molar-refractivity contribution in [3.8, 4) is 0 Å². The van der Waals surface area contributed by atoms with E-state index in [9.17, 15) is 14.7 Å². The first-order valence-corrected chi connectivity index (χ1v) is 16.7. The molecule has 0 aliphatic heterocycles. The lowest BCUT2D eigenvalue weighted by Crippen LogP contribution is -2.34. The predicted octanol–water partition coefficient (Wildman–Crippen LogP) is 10.7. The minimum atomic E-state index is -0.890. The van der Waals surface area contributed by atoms with E-state index >= 15 is 0 Å². The quantitative estimate of drug-likeness (QED) is 0.0783. The molecule has 0 aromatic heterocycles. The van der Waals surface area contributed by atoms with Crippen molar-refractivity contribution in [2.24, 2.45) is 23.2 Å². The number of rotatable bonds is 23. The zero-order valence-corrected chi connectivity index (χ0v) is 26.5. The van der Waals surface area contributed by atoms with Gasteiger partial charge in [-0.3, -0.25) is 9.59 Å². The monoisotopic (exact) mass is 548 g/mol. The lowest BCUT2D eigenvalue weighted by atomic mass is 9.83. The van der Waals surface area contributed by atoms with Gasteiger partial charge in [0.1, 0.15) is 6.10 Å². The van der Waals surface area contributed by atoms with Crippen LogP contribution in [0.3, 0.4) is 0 Å². The Morgan fingerprint density at radius 1 is 0.821 bits per heavy atom. The molecule has 0 radical (unpaired) electrons. The van der Waals surface area contributed by atoms with Crippen LogP contribution in [0.1, 0.15) is 169 Å². The molecule has 0 saturated heterocycles. The van der Waals surface area contributed by atoms with Crippen LogP contribution in [0.2, 0.25) is 0 Å². The van der Waals surface area contributed by atoms with Crippen molar-refractivity contribution in [2.75, 3.05) is 0 Å². The summed E-state index contributed by atoms with van der Waals surface area (Å²) in [5.41, 5.74) is 0.293. The highest BCUT2D eigenvalue weighted by atomic mass is 16.5. The molecule has 1 aliphatic rings. The molecule has 0 spiro atoms. The smallest absolute Gasteiger partial charge is 0.313 e. The molecular formula is C35H64O4. The Morgan fingerprint density at radius 3 is 1.82 bits per heavy atom. The molecule has 0 aromatic rings. The number of aliphatic carboxylic acids is 1. The van der Waals surface area contributed by atoms with Gasteiger partial charge in [0.2, 0.25) is 0 Å². The summed E-state index contributed by atoms with van der Waals surface area (Å²) in [6, 6.07) is 0. The molecule has 0 aromatic carbocycles. The van der Waals surface area contributed by atoms with Crippen LogP contribution < -0.4 is 0 Å². The molecule has 1 rings (SSSR count). The Labute approximate surface area is 242 Å². The molecular weight excluding hydrogens is 484 g/mol. The summed E-state index contributed by atoms with van der Waals surface area (Å²) < 4.78 is 6.02. The van der Waals surface area contributed by atoms with E-state index in [1.165, 1.54) is 89.9 Å². The van der Waals surface area contributed by atoms with Crippen LogP contribution in [-0.2, 0) is 14.3 Å². The largest absolute Gasteiger partial charge is 0.481 e. The molecule has 4 unspecified atom stereocenters. The summed E-state index contributed by atoms with van der Waals surface area (Å²) >= 11 is 0. The van der Waals surface area contributed by atoms with Gasteiger partial charge in [0.05, 0.1) is 11.8 Å². The highest BCUT2D eigenvalue weighted by Gasteiger charge is 2.35. The van der Waals surface area contributed by atoms with Gasteiger partial charge in [-0.25, -0.2) is 0 Å². The second-order valence-electron chi connectivity index (χ2n) is 13.7. The third-order valence-electron chi connectivity index (χ3n) is 8.37. The third-order valence-corrected chi connectivity index (χ3v) is 8.37. The number of carboxylic acid groups (broad SMARTS) is 1. The van der Waals surface area contributed by atoms with E-state index in [0.717, 1.165) is 32.1 Å². The fraction of sp³-hybridized carbons (Fsp3) is 0.886. The van der Waals surface area contributed by atoms with Crippen molar-refractivity contribution in [2.45, 2.75) is 176 Å². The van der Waals surface area contributed by atoms with Crippen molar-refractivity contribution in [1.29, 1.82) is 0 Å². The van der Waals surface area contributed by atoms with Gasteiger partial charge in [-0.15, -0.1) is 0 Å². The lowest BCUT2D eigenvalue weighted by Gasteiger charge is -2.27. The maximum Gasteiger partial charge on any atom is 0.313 e. The number of hydrogen-bond acceptors (Lipinski definition) is 3. The summed E-state index contributed by atoms with van der Waals surface area (Å²) in [7, 11) is 0. The summed E-state index contributed by atoms with van der Waals surface area (Å²) in [6.07, 6.45) is 28.9. The summed E-state index contributed by atoms with van der Waals surface area (Å²) in [5, 5.41) is 9.59. The van der Waals surface area contributed by atoms with E-state index in [2.05, 4.69) is 34.6 Å². The van der Waals surface area contributed by atoms with Gasteiger partial charge in [0.25, 0.3) is 0 Å². The Kier molecular flexibility index (Phi) is 19.6. The molecule has 0 saturated carbocycles. The Balaban J connectivity index is 2.33. The fourth-order valence-electron chi connectivity index (χ4n) is 6.22. The lowest BCUT2D eigenvalue weighted by molar-refractivity contribution is -0.160. The van der Waals surface area contributed by atoms with E-state index in [1.54, 1.807) is 6.08 Å². The first-order valence-electron chi connectivity index (χ1n) is 16.7. The maximum atomic E-state index is 13.0. The minimum Gasteiger partial charge on any atom is -0.481 e. The zero-order valence-electron chi connectivity index (χ0n) is 26.5. The molecule has 4 heteroatoms. The topological polar surface area (TPSA) is 63.6 Å². The molecule has 0 fully saturated rings. The SMILES string of the molecule is CCCCCCCCCCCCCCCCCC(CCC(C)CC(C)(C)C)OC(=O)C1C=CCCC1C(=O)O. The average Bonchev–Trinajstić information content (AvgIpc) is 2.88. The maximum absolute atomic E-state index is 13.0. The van der Waals surface area contributed by atoms with Crippen LogP contribution in [0, 0.1) is 23.2 Å². The van der Waals surface area contributed by atoms with E-state index < -0.39 is 17.8 Å². The van der Waals surface area contributed by atoms with Gasteiger partial charge in [-0.05, 0) is 56.3 Å². The fourth-order valence-corrected chi connectivity index (χ4v) is 6.22. The second-order valence-corrected chi connectivity index (χ2v) is 13.7. The van der Waals surface area contributed by atoms with Gasteiger partial charge in [-0.2, -0.15) is 0 Å². The standard InChI is InChI=1S/C35H64O4/c1-6-7-8-9-10-11-12-13-14-15-16-17-18-19-20-23-30(27-26-29(2)28-35(3,4)5)39-34(38)32-25-22-21-24-31(32)33(36)37/h22,25,29-32H,6-21,23-24,26-28H2,1-5H3,(H,36,37). The number of carbonyl (C=O) groups excluding carboxylic acids is 1. The highest BCUT2D eigenvalue weighted by Crippen LogP contribution is 2.30. The third kappa shape index (κ3) is 18.6. The number of esters is 1. The predicted molar refractivity (Wildman–Crippen MR) is 165 cm³/mol. The molecule has 228 valence electrons. The number of unbranched alkanes of at least 4 members (excludes halogenated alkanes) is 14. The number of carbonyl (C=O) groups is 2. The van der Waals surface area contributed by atoms with Crippen molar-refractivity contribution in [3.63, 3.8) is 0 Å². The molecule has 0 bridgehead atoms.